The molecule has 2 rings (SSSR count). The summed E-state index contributed by atoms with van der Waals surface area (Å²) < 4.78 is 5.37. The first-order valence-corrected chi connectivity index (χ1v) is 4.26. The number of carboxylic acids is 1. The Hall–Kier alpha value is -1.51. The second kappa shape index (κ2) is 3.09. The van der Waals surface area contributed by atoms with Crippen molar-refractivity contribution in [2.75, 3.05) is 6.61 Å². The van der Waals surface area contributed by atoms with E-state index in [-0.39, 0.29) is 0 Å². The minimum absolute atomic E-state index is 0.337. The highest BCUT2D eigenvalue weighted by Gasteiger charge is 2.12. The van der Waals surface area contributed by atoms with Gasteiger partial charge in [-0.15, -0.1) is 0 Å². The molecule has 1 aromatic carbocycles. The van der Waals surface area contributed by atoms with Gasteiger partial charge in [0.2, 0.25) is 0 Å². The zero-order chi connectivity index (χ0) is 9.26. The van der Waals surface area contributed by atoms with E-state index in [2.05, 4.69) is 0 Å². The first kappa shape index (κ1) is 8.10. The van der Waals surface area contributed by atoms with Crippen LogP contribution >= 0.6 is 0 Å². The van der Waals surface area contributed by atoms with E-state index in [0.717, 1.165) is 30.8 Å². The molecule has 1 aromatic rings. The Labute approximate surface area is 76.0 Å². The number of hydrogen-bond acceptors (Lipinski definition) is 2. The summed E-state index contributed by atoms with van der Waals surface area (Å²) >= 11 is 0. The zero-order valence-corrected chi connectivity index (χ0v) is 7.12. The Balaban J connectivity index is 2.40. The number of aryl methyl sites for hydroxylation is 1. The van der Waals surface area contributed by atoms with Crippen LogP contribution in [0.1, 0.15) is 22.3 Å². The minimum atomic E-state index is -0.881. The minimum Gasteiger partial charge on any atom is -0.493 e. The van der Waals surface area contributed by atoms with E-state index >= 15 is 0 Å². The molecule has 1 aliphatic heterocycles. The monoisotopic (exact) mass is 178 g/mol. The van der Waals surface area contributed by atoms with Crippen molar-refractivity contribution < 1.29 is 14.6 Å². The second-order valence-corrected chi connectivity index (χ2v) is 3.08. The van der Waals surface area contributed by atoms with Gasteiger partial charge in [-0.1, -0.05) is 0 Å². The molecule has 3 nitrogen and oxygen atoms in total. The molecule has 0 fully saturated rings. The van der Waals surface area contributed by atoms with Crippen molar-refractivity contribution in [2.24, 2.45) is 0 Å². The van der Waals surface area contributed by atoms with Gasteiger partial charge in [-0.05, 0) is 36.6 Å². The molecule has 1 aliphatic rings. The third-order valence-electron chi connectivity index (χ3n) is 2.16. The van der Waals surface area contributed by atoms with Crippen LogP contribution in [0.15, 0.2) is 18.2 Å². The van der Waals surface area contributed by atoms with Crippen LogP contribution in [0.5, 0.6) is 5.75 Å². The molecule has 0 saturated heterocycles. The zero-order valence-electron chi connectivity index (χ0n) is 7.12. The van der Waals surface area contributed by atoms with E-state index in [9.17, 15) is 4.79 Å². The lowest BCUT2D eigenvalue weighted by molar-refractivity contribution is 0.0696. The van der Waals surface area contributed by atoms with Crippen LogP contribution in [0.2, 0.25) is 0 Å². The van der Waals surface area contributed by atoms with Gasteiger partial charge in [-0.2, -0.15) is 0 Å². The predicted octanol–water partition coefficient (Wildman–Crippen LogP) is 1.71. The fourth-order valence-corrected chi connectivity index (χ4v) is 1.49. The number of rotatable bonds is 1. The highest BCUT2D eigenvalue weighted by molar-refractivity contribution is 5.88. The molecule has 0 atom stereocenters. The molecule has 1 N–H and O–H groups in total. The Kier molecular flexibility index (Phi) is 1.93. The van der Waals surface area contributed by atoms with Crippen molar-refractivity contribution in [1.29, 1.82) is 0 Å². The van der Waals surface area contributed by atoms with Crippen LogP contribution < -0.4 is 4.74 Å². The SMILES string of the molecule is O=C(O)c1ccc2c(c1)CCCO2. The molecule has 0 aliphatic carbocycles. The van der Waals surface area contributed by atoms with Crippen LogP contribution in [0, 0.1) is 0 Å². The van der Waals surface area contributed by atoms with Crippen molar-refractivity contribution in [3.05, 3.63) is 29.3 Å². The standard InChI is InChI=1S/C10H10O3/c11-10(12)8-3-4-9-7(6-8)2-1-5-13-9/h3-4,6H,1-2,5H2,(H,11,12). The molecule has 1 heterocycles. The third-order valence-corrected chi connectivity index (χ3v) is 2.16. The number of carboxylic acid groups (broad SMARTS) is 1. The number of ether oxygens (including phenoxy) is 1. The van der Waals surface area contributed by atoms with Gasteiger partial charge in [0.05, 0.1) is 12.2 Å². The van der Waals surface area contributed by atoms with E-state index in [1.54, 1.807) is 18.2 Å². The number of aromatic carboxylic acids is 1. The molecule has 13 heavy (non-hydrogen) atoms. The van der Waals surface area contributed by atoms with Crippen molar-refractivity contribution in [3.8, 4) is 5.75 Å². The molecule has 0 aromatic heterocycles. The molecule has 0 bridgehead atoms. The quantitative estimate of drug-likeness (QED) is 0.712. The van der Waals surface area contributed by atoms with Crippen molar-refractivity contribution in [2.45, 2.75) is 12.8 Å². The lowest BCUT2D eigenvalue weighted by Crippen LogP contribution is -2.09. The fourth-order valence-electron chi connectivity index (χ4n) is 1.49. The first-order chi connectivity index (χ1) is 6.27. The van der Waals surface area contributed by atoms with E-state index < -0.39 is 5.97 Å². The number of carbonyl (C=O) groups is 1. The van der Waals surface area contributed by atoms with E-state index in [1.807, 2.05) is 0 Å². The van der Waals surface area contributed by atoms with Gasteiger partial charge < -0.3 is 9.84 Å². The molecule has 0 unspecified atom stereocenters. The summed E-state index contributed by atoms with van der Waals surface area (Å²) in [7, 11) is 0. The molecule has 3 heteroatoms. The van der Waals surface area contributed by atoms with E-state index in [1.165, 1.54) is 0 Å². The Morgan fingerprint density at radius 2 is 2.31 bits per heavy atom. The maximum atomic E-state index is 10.6. The van der Waals surface area contributed by atoms with Gasteiger partial charge in [0.25, 0.3) is 0 Å². The van der Waals surface area contributed by atoms with E-state index in [4.69, 9.17) is 9.84 Å². The van der Waals surface area contributed by atoms with Gasteiger partial charge >= 0.3 is 5.97 Å². The summed E-state index contributed by atoms with van der Waals surface area (Å²) in [6.07, 6.45) is 1.88. The van der Waals surface area contributed by atoms with E-state index in [0.29, 0.717) is 5.56 Å². The normalized spacial score (nSPS) is 14.5. The Morgan fingerprint density at radius 3 is 3.08 bits per heavy atom. The molecule has 0 spiro atoms. The smallest absolute Gasteiger partial charge is 0.335 e. The fraction of sp³-hybridized carbons (Fsp3) is 0.300. The first-order valence-electron chi connectivity index (χ1n) is 4.26. The van der Waals surface area contributed by atoms with Crippen LogP contribution in [-0.4, -0.2) is 17.7 Å². The molecule has 68 valence electrons. The number of hydrogen-bond donors (Lipinski definition) is 1. The van der Waals surface area contributed by atoms with Crippen LogP contribution in [-0.2, 0) is 6.42 Å². The summed E-state index contributed by atoms with van der Waals surface area (Å²) in [4.78, 5) is 10.6. The van der Waals surface area contributed by atoms with Crippen molar-refractivity contribution in [3.63, 3.8) is 0 Å². The third kappa shape index (κ3) is 1.49. The molecule has 0 saturated carbocycles. The van der Waals surface area contributed by atoms with Crippen LogP contribution in [0.4, 0.5) is 0 Å². The number of fused-ring (bicyclic) bond motifs is 1. The molecule has 0 radical (unpaired) electrons. The van der Waals surface area contributed by atoms with Gasteiger partial charge in [-0.3, -0.25) is 0 Å². The van der Waals surface area contributed by atoms with Crippen LogP contribution in [0.25, 0.3) is 0 Å². The highest BCUT2D eigenvalue weighted by Crippen LogP contribution is 2.25. The Bertz CT molecular complexity index is 344. The van der Waals surface area contributed by atoms with Crippen molar-refractivity contribution in [1.82, 2.24) is 0 Å². The van der Waals surface area contributed by atoms with Gasteiger partial charge in [0.15, 0.2) is 0 Å². The summed E-state index contributed by atoms with van der Waals surface area (Å²) in [5.41, 5.74) is 1.34. The van der Waals surface area contributed by atoms with Gasteiger partial charge in [-0.25, -0.2) is 4.79 Å². The maximum Gasteiger partial charge on any atom is 0.335 e. The molecular formula is C10H10O3. The van der Waals surface area contributed by atoms with Gasteiger partial charge in [0.1, 0.15) is 5.75 Å². The largest absolute Gasteiger partial charge is 0.493 e. The summed E-state index contributed by atoms with van der Waals surface area (Å²) in [5, 5.41) is 8.75. The molecular weight excluding hydrogens is 168 g/mol. The maximum absolute atomic E-state index is 10.6. The summed E-state index contributed by atoms with van der Waals surface area (Å²) in [5.74, 6) is -0.0513. The van der Waals surface area contributed by atoms with Gasteiger partial charge in [0, 0.05) is 0 Å². The predicted molar refractivity (Wildman–Crippen MR) is 47.2 cm³/mol. The lowest BCUT2D eigenvalue weighted by Gasteiger charge is -2.16. The topological polar surface area (TPSA) is 46.5 Å². The second-order valence-electron chi connectivity index (χ2n) is 3.08. The highest BCUT2D eigenvalue weighted by atomic mass is 16.5. The number of benzene rings is 1. The summed E-state index contributed by atoms with van der Waals surface area (Å²) in [6.45, 7) is 0.736. The lowest BCUT2D eigenvalue weighted by atomic mass is 10.0. The molecule has 0 amide bonds. The Morgan fingerprint density at radius 1 is 1.46 bits per heavy atom. The van der Waals surface area contributed by atoms with Crippen LogP contribution in [0.3, 0.4) is 0 Å². The average molecular weight is 178 g/mol. The summed E-state index contributed by atoms with van der Waals surface area (Å²) in [6, 6.07) is 5.00. The van der Waals surface area contributed by atoms with Crippen molar-refractivity contribution >= 4 is 5.97 Å². The average Bonchev–Trinajstić information content (AvgIpc) is 2.17.